The van der Waals surface area contributed by atoms with Gasteiger partial charge in [0, 0.05) is 28.0 Å². The maximum atomic E-state index is 15.1. The van der Waals surface area contributed by atoms with Crippen molar-refractivity contribution in [1.29, 1.82) is 0 Å². The molecule has 0 unspecified atom stereocenters. The van der Waals surface area contributed by atoms with Gasteiger partial charge in [-0.25, -0.2) is 22.6 Å². The number of rotatable bonds is 9. The largest absolute Gasteiger partial charge is 0.491 e. The maximum absolute atomic E-state index is 15.1. The van der Waals surface area contributed by atoms with Crippen molar-refractivity contribution < 1.29 is 50.3 Å². The molecule has 2 aliphatic carbocycles. The molecule has 0 radical (unpaired) electrons. The lowest BCUT2D eigenvalue weighted by atomic mass is 9.85. The number of allylic oxidation sites excluding steroid dienone is 1. The zero-order chi connectivity index (χ0) is 44.0. The van der Waals surface area contributed by atoms with E-state index in [9.17, 15) is 27.6 Å². The molecule has 3 N–H and O–H groups in total. The monoisotopic (exact) mass is 816 g/mol. The van der Waals surface area contributed by atoms with Crippen LogP contribution in [0.5, 0.6) is 11.6 Å². The summed E-state index contributed by atoms with van der Waals surface area (Å²) in [6.45, 7) is 7.94. The lowest BCUT2D eigenvalue weighted by Crippen LogP contribution is -2.59. The van der Waals surface area contributed by atoms with Gasteiger partial charge in [-0.15, -0.1) is 0 Å². The summed E-state index contributed by atoms with van der Waals surface area (Å²) in [6.07, 6.45) is 5.24. The first-order valence-electron chi connectivity index (χ1n) is 21.3. The van der Waals surface area contributed by atoms with Crippen LogP contribution in [0.2, 0.25) is 0 Å². The molecule has 4 amide bonds. The Bertz CT molecular complexity index is 2140. The molecular formula is C41H56FN5O9S. The smallest absolute Gasteiger partial charge is 0.408 e. The van der Waals surface area contributed by atoms with Crippen LogP contribution in [-0.4, -0.2) is 89.3 Å². The fraction of sp³-hybridized carbons (Fsp3) is 0.634. The Morgan fingerprint density at radius 1 is 1.18 bits per heavy atom. The topological polar surface area (TPSA) is 182 Å². The molecule has 2 aliphatic heterocycles. The summed E-state index contributed by atoms with van der Waals surface area (Å²) in [6, 6.07) is 1.97. The van der Waals surface area contributed by atoms with E-state index in [1.807, 2.05) is 24.6 Å². The summed E-state index contributed by atoms with van der Waals surface area (Å²) in [5.41, 5.74) is -2.67. The molecule has 1 saturated heterocycles. The SMILES string of the molecule is [2H]C([2H])([2H])C1(S(=O)(=O)NC(=O)[C@@]23C[C@H]2/C=C\CC[C@H](C)C[C@@H](CC)[C@H](NC(=O)OC(C)(C)C)C(=O)N2C[C@H](Oc4nccc5cc(OCC)c(F)cc45)C[C@H]2C(=O)N3)CC1. The first kappa shape index (κ1) is 38.1. The molecule has 312 valence electrons. The molecule has 7 atom stereocenters. The van der Waals surface area contributed by atoms with Crippen LogP contribution in [0.25, 0.3) is 10.8 Å². The van der Waals surface area contributed by atoms with Crippen LogP contribution in [-0.2, 0) is 29.1 Å². The molecule has 14 nitrogen and oxygen atoms in total. The molecular weight excluding hydrogens is 758 g/mol. The zero-order valence-electron chi connectivity index (χ0n) is 36.4. The van der Waals surface area contributed by atoms with Crippen LogP contribution in [0.3, 0.4) is 0 Å². The molecule has 0 spiro atoms. The minimum absolute atomic E-state index is 0.0173. The average molecular weight is 817 g/mol. The van der Waals surface area contributed by atoms with Gasteiger partial charge in [-0.2, -0.15) is 0 Å². The van der Waals surface area contributed by atoms with Crippen molar-refractivity contribution in [3.05, 3.63) is 42.4 Å². The Hall–Kier alpha value is -4.47. The Kier molecular flexibility index (Phi) is 10.7. The van der Waals surface area contributed by atoms with Crippen molar-refractivity contribution in [3.63, 3.8) is 0 Å². The standard InChI is InChI=1S/C41H56FN5O9S/c1-8-25-18-24(3)12-10-11-13-27-22-41(27,37(50)46-57(52,53)40(7)15-16-40)45-34(48)31-20-28(23-47(31)36(49)33(25)44-38(51)56-39(4,5)6)55-35-29-21-30(42)32(54-9-2)19-26(29)14-17-43-35/h11,13-14,17,19,21,24-25,27-28,31,33H,8-10,12,15-16,18,20,22-23H2,1-7H3,(H,44,51)(H,45,48)(H,46,50)/b13-11-/t24-,25+,27+,28+,31-,33-,41+/m0/s1/i7D3. The third-order valence-corrected chi connectivity index (χ3v) is 13.1. The minimum Gasteiger partial charge on any atom is -0.491 e. The van der Waals surface area contributed by atoms with Crippen molar-refractivity contribution >= 4 is 44.6 Å². The van der Waals surface area contributed by atoms with Crippen LogP contribution in [0, 0.1) is 23.6 Å². The van der Waals surface area contributed by atoms with E-state index in [-0.39, 0.29) is 62.3 Å². The molecule has 3 heterocycles. The number of pyridine rings is 1. The number of halogens is 1. The highest BCUT2D eigenvalue weighted by Crippen LogP contribution is 2.47. The predicted octanol–water partition coefficient (Wildman–Crippen LogP) is 5.29. The Balaban J connectivity index is 1.37. The second-order valence-corrected chi connectivity index (χ2v) is 18.9. The Morgan fingerprint density at radius 3 is 2.60 bits per heavy atom. The fourth-order valence-electron chi connectivity index (χ4n) is 7.83. The van der Waals surface area contributed by atoms with E-state index >= 15 is 4.39 Å². The molecule has 1 aromatic heterocycles. The second-order valence-electron chi connectivity index (χ2n) is 16.9. The van der Waals surface area contributed by atoms with Gasteiger partial charge < -0.3 is 29.7 Å². The highest BCUT2D eigenvalue weighted by molar-refractivity contribution is 7.91. The van der Waals surface area contributed by atoms with Crippen molar-refractivity contribution in [2.24, 2.45) is 17.8 Å². The molecule has 2 aromatic rings. The summed E-state index contributed by atoms with van der Waals surface area (Å²) in [4.78, 5) is 62.7. The van der Waals surface area contributed by atoms with Crippen LogP contribution < -0.4 is 24.8 Å². The first-order valence-corrected chi connectivity index (χ1v) is 21.3. The number of hydrogen-bond donors (Lipinski definition) is 3. The number of fused-ring (bicyclic) bond motifs is 3. The number of sulfonamides is 1. The predicted molar refractivity (Wildman–Crippen MR) is 210 cm³/mol. The average Bonchev–Trinajstić information content (AvgIpc) is 4.06. The lowest BCUT2D eigenvalue weighted by Gasteiger charge is -2.34. The fourth-order valence-corrected chi connectivity index (χ4v) is 9.09. The van der Waals surface area contributed by atoms with Gasteiger partial charge in [0.15, 0.2) is 11.6 Å². The summed E-state index contributed by atoms with van der Waals surface area (Å²) in [5, 5.41) is 6.45. The van der Waals surface area contributed by atoms with Gasteiger partial charge in [-0.05, 0) is 108 Å². The molecule has 57 heavy (non-hydrogen) atoms. The van der Waals surface area contributed by atoms with Crippen LogP contribution in [0.4, 0.5) is 9.18 Å². The summed E-state index contributed by atoms with van der Waals surface area (Å²) in [7, 11) is -4.71. The number of carbonyl (C=O) groups is 4. The number of amides is 4. The molecule has 2 saturated carbocycles. The van der Waals surface area contributed by atoms with E-state index in [1.54, 1.807) is 39.8 Å². The molecule has 1 aromatic carbocycles. The molecule has 3 fully saturated rings. The molecule has 0 bridgehead atoms. The second kappa shape index (κ2) is 16.1. The van der Waals surface area contributed by atoms with Crippen LogP contribution >= 0.6 is 0 Å². The normalized spacial score (nSPS) is 30.4. The van der Waals surface area contributed by atoms with Crippen molar-refractivity contribution in [3.8, 4) is 11.6 Å². The van der Waals surface area contributed by atoms with Gasteiger partial charge >= 0.3 is 6.09 Å². The number of nitrogens with one attached hydrogen (secondary N) is 3. The van der Waals surface area contributed by atoms with Crippen molar-refractivity contribution in [1.82, 2.24) is 25.2 Å². The Labute approximate surface area is 338 Å². The zero-order valence-corrected chi connectivity index (χ0v) is 34.2. The van der Waals surface area contributed by atoms with E-state index in [0.717, 1.165) is 0 Å². The van der Waals surface area contributed by atoms with E-state index in [1.165, 1.54) is 23.2 Å². The number of benzene rings is 1. The van der Waals surface area contributed by atoms with Crippen LogP contribution in [0.1, 0.15) is 104 Å². The van der Waals surface area contributed by atoms with E-state index in [4.69, 9.17) is 18.3 Å². The molecule has 4 aliphatic rings. The summed E-state index contributed by atoms with van der Waals surface area (Å²) >= 11 is 0. The van der Waals surface area contributed by atoms with Crippen molar-refractivity contribution in [2.75, 3.05) is 13.2 Å². The summed E-state index contributed by atoms with van der Waals surface area (Å²) < 4.78 is 83.0. The third-order valence-electron chi connectivity index (χ3n) is 11.3. The highest BCUT2D eigenvalue weighted by Gasteiger charge is 2.63. The molecule has 16 heteroatoms. The van der Waals surface area contributed by atoms with Gasteiger partial charge in [0.25, 0.3) is 5.91 Å². The number of ether oxygens (including phenoxy) is 3. The van der Waals surface area contributed by atoms with E-state index in [2.05, 4.69) is 15.6 Å². The minimum atomic E-state index is -4.71. The number of aromatic nitrogens is 1. The van der Waals surface area contributed by atoms with Gasteiger partial charge in [0.2, 0.25) is 27.7 Å². The number of alkyl carbamates (subject to hydrolysis) is 1. The van der Waals surface area contributed by atoms with E-state index in [0.29, 0.717) is 36.5 Å². The number of hydrogen-bond acceptors (Lipinski definition) is 10. The maximum Gasteiger partial charge on any atom is 0.408 e. The summed E-state index contributed by atoms with van der Waals surface area (Å²) in [5.74, 6) is -3.98. The van der Waals surface area contributed by atoms with Gasteiger partial charge in [-0.3, -0.25) is 19.1 Å². The van der Waals surface area contributed by atoms with Gasteiger partial charge in [0.1, 0.15) is 29.3 Å². The van der Waals surface area contributed by atoms with Gasteiger partial charge in [0.05, 0.1) is 17.9 Å². The van der Waals surface area contributed by atoms with Crippen molar-refractivity contribution in [2.45, 2.75) is 134 Å². The Morgan fingerprint density at radius 2 is 1.93 bits per heavy atom. The number of nitrogens with zero attached hydrogens (tertiary/aromatic N) is 2. The lowest BCUT2D eigenvalue weighted by molar-refractivity contribution is -0.142. The number of carbonyl (C=O) groups excluding carboxylic acids is 4. The quantitative estimate of drug-likeness (QED) is 0.282. The van der Waals surface area contributed by atoms with Crippen LogP contribution in [0.15, 0.2) is 36.5 Å². The highest BCUT2D eigenvalue weighted by atomic mass is 32.2. The third kappa shape index (κ3) is 9.15. The first-order chi connectivity index (χ1) is 28.0. The van der Waals surface area contributed by atoms with Gasteiger partial charge in [-0.1, -0.05) is 32.4 Å². The molecule has 6 rings (SSSR count). The van der Waals surface area contributed by atoms with E-state index < -0.39 is 86.5 Å².